The highest BCUT2D eigenvalue weighted by molar-refractivity contribution is 7.59. The molecule has 1 aliphatic heterocycles. The van der Waals surface area contributed by atoms with E-state index in [1.165, 1.54) is 12.8 Å². The zero-order chi connectivity index (χ0) is 19.1. The number of nitrogens with one attached hydrogen (secondary N) is 3. The monoisotopic (exact) mass is 430 g/mol. The zero-order valence-corrected chi connectivity index (χ0v) is 18.0. The predicted molar refractivity (Wildman–Crippen MR) is 128 cm³/mol. The lowest BCUT2D eigenvalue weighted by molar-refractivity contribution is 0.212. The van der Waals surface area contributed by atoms with E-state index in [9.17, 15) is 0 Å². The van der Waals surface area contributed by atoms with Crippen molar-refractivity contribution in [3.05, 3.63) is 24.7 Å². The Morgan fingerprint density at radius 1 is 1.17 bits per heavy atom. The first-order valence-corrected chi connectivity index (χ1v) is 10.3. The first kappa shape index (κ1) is 22.4. The molecule has 1 aliphatic carbocycles. The quantitative estimate of drug-likeness (QED) is 0.545. The topological polar surface area (TPSA) is 86.7 Å². The lowest BCUT2D eigenvalue weighted by Crippen LogP contribution is -2.31. The SMILES string of the molecule is C.C[C@H](Nc1nc(Nc2cnn(C3CCN(C)CC3)c2)nc2[nH]ccc12)C1CC1.S. The van der Waals surface area contributed by atoms with Crippen LogP contribution in [0.5, 0.6) is 0 Å². The van der Waals surface area contributed by atoms with Crippen LogP contribution in [-0.4, -0.2) is 55.8 Å². The molecule has 30 heavy (non-hydrogen) atoms. The van der Waals surface area contributed by atoms with E-state index in [0.717, 1.165) is 54.4 Å². The van der Waals surface area contributed by atoms with Crippen molar-refractivity contribution in [2.75, 3.05) is 30.8 Å². The maximum Gasteiger partial charge on any atom is 0.231 e. The molecule has 0 unspecified atom stereocenters. The van der Waals surface area contributed by atoms with Crippen molar-refractivity contribution < 1.29 is 0 Å². The fourth-order valence-corrected chi connectivity index (χ4v) is 4.03. The Kier molecular flexibility index (Phi) is 6.92. The van der Waals surface area contributed by atoms with E-state index in [4.69, 9.17) is 4.98 Å². The first-order valence-electron chi connectivity index (χ1n) is 10.3. The number of H-pyrrole nitrogens is 1. The summed E-state index contributed by atoms with van der Waals surface area (Å²) in [5.41, 5.74) is 1.76. The van der Waals surface area contributed by atoms with Crippen LogP contribution >= 0.6 is 13.5 Å². The maximum atomic E-state index is 4.75. The van der Waals surface area contributed by atoms with Gasteiger partial charge in [-0.05, 0) is 64.7 Å². The Labute approximate surface area is 185 Å². The normalized spacial score (nSPS) is 18.5. The first-order chi connectivity index (χ1) is 13.7. The number of rotatable bonds is 6. The summed E-state index contributed by atoms with van der Waals surface area (Å²) in [6.45, 7) is 4.47. The Hall–Kier alpha value is -2.26. The Bertz CT molecular complexity index is 955. The zero-order valence-electron chi connectivity index (χ0n) is 17.0. The summed E-state index contributed by atoms with van der Waals surface area (Å²) in [7, 11) is 2.18. The molecule has 9 heteroatoms. The molecule has 0 amide bonds. The fourth-order valence-electron chi connectivity index (χ4n) is 4.03. The summed E-state index contributed by atoms with van der Waals surface area (Å²) in [5.74, 6) is 2.23. The third-order valence-electron chi connectivity index (χ3n) is 6.03. The van der Waals surface area contributed by atoms with Gasteiger partial charge in [0.25, 0.3) is 0 Å². The van der Waals surface area contributed by atoms with Crippen LogP contribution in [-0.2, 0) is 0 Å². The summed E-state index contributed by atoms with van der Waals surface area (Å²) in [6, 6.07) is 2.92. The molecule has 8 nitrogen and oxygen atoms in total. The average molecular weight is 431 g/mol. The molecule has 0 radical (unpaired) electrons. The molecule has 1 saturated heterocycles. The smallest absolute Gasteiger partial charge is 0.231 e. The van der Waals surface area contributed by atoms with Crippen molar-refractivity contribution in [1.82, 2.24) is 29.6 Å². The van der Waals surface area contributed by atoms with E-state index in [-0.39, 0.29) is 20.9 Å². The third-order valence-corrected chi connectivity index (χ3v) is 6.03. The minimum absolute atomic E-state index is 0. The van der Waals surface area contributed by atoms with Crippen molar-refractivity contribution in [1.29, 1.82) is 0 Å². The second-order valence-electron chi connectivity index (χ2n) is 8.27. The van der Waals surface area contributed by atoms with Gasteiger partial charge >= 0.3 is 0 Å². The highest BCUT2D eigenvalue weighted by Crippen LogP contribution is 2.35. The van der Waals surface area contributed by atoms with Gasteiger partial charge in [0.2, 0.25) is 5.95 Å². The molecule has 4 heterocycles. The number of aromatic nitrogens is 5. The molecule has 0 bridgehead atoms. The van der Waals surface area contributed by atoms with Gasteiger partial charge in [-0.1, -0.05) is 7.43 Å². The second-order valence-corrected chi connectivity index (χ2v) is 8.27. The van der Waals surface area contributed by atoms with Crippen LogP contribution in [0.2, 0.25) is 0 Å². The van der Waals surface area contributed by atoms with E-state index >= 15 is 0 Å². The molecule has 1 saturated carbocycles. The molecule has 5 rings (SSSR count). The number of fused-ring (bicyclic) bond motifs is 1. The van der Waals surface area contributed by atoms with Gasteiger partial charge in [-0.3, -0.25) is 4.68 Å². The number of anilines is 3. The van der Waals surface area contributed by atoms with Gasteiger partial charge in [-0.15, -0.1) is 0 Å². The van der Waals surface area contributed by atoms with Gasteiger partial charge in [0.15, 0.2) is 0 Å². The average Bonchev–Trinajstić information content (AvgIpc) is 3.26. The van der Waals surface area contributed by atoms with E-state index < -0.39 is 0 Å². The van der Waals surface area contributed by atoms with Gasteiger partial charge in [0.1, 0.15) is 11.5 Å². The highest BCUT2D eigenvalue weighted by Gasteiger charge is 2.28. The van der Waals surface area contributed by atoms with Gasteiger partial charge in [-0.2, -0.15) is 28.6 Å². The molecule has 164 valence electrons. The minimum atomic E-state index is 0. The number of likely N-dealkylation sites (tertiary alicyclic amines) is 1. The van der Waals surface area contributed by atoms with Crippen LogP contribution in [0.15, 0.2) is 24.7 Å². The standard InChI is InChI=1S/C20H28N8.CH4.H2S/c1-13(14-3-4-14)23-19-17-5-8-21-18(17)25-20(26-19)24-15-11-22-28(12-15)16-6-9-27(2)10-7-16;;/h5,8,11-14,16H,3-4,6-7,9-10H2,1-2H3,(H3,21,23,24,25,26);1H4;1H2/t13-;;/m0../s1. The Morgan fingerprint density at radius 3 is 2.67 bits per heavy atom. The van der Waals surface area contributed by atoms with Crippen molar-refractivity contribution in [3.63, 3.8) is 0 Å². The largest absolute Gasteiger partial charge is 0.367 e. The van der Waals surface area contributed by atoms with Crippen molar-refractivity contribution in [2.24, 2.45) is 5.92 Å². The van der Waals surface area contributed by atoms with E-state index in [1.807, 2.05) is 18.5 Å². The van der Waals surface area contributed by atoms with E-state index in [2.05, 4.69) is 55.5 Å². The van der Waals surface area contributed by atoms with Crippen LogP contribution in [0.3, 0.4) is 0 Å². The Morgan fingerprint density at radius 2 is 1.93 bits per heavy atom. The summed E-state index contributed by atoms with van der Waals surface area (Å²) < 4.78 is 2.08. The van der Waals surface area contributed by atoms with Crippen LogP contribution in [0.4, 0.5) is 17.5 Å². The molecule has 3 aromatic heterocycles. The molecular formula is C21H34N8S. The fraction of sp³-hybridized carbons (Fsp3) is 0.571. The van der Waals surface area contributed by atoms with Crippen LogP contribution in [0.25, 0.3) is 11.0 Å². The lowest BCUT2D eigenvalue weighted by Gasteiger charge is -2.28. The van der Waals surface area contributed by atoms with Crippen molar-refractivity contribution in [2.45, 2.75) is 52.1 Å². The molecule has 0 aromatic carbocycles. The third kappa shape index (κ3) is 4.73. The van der Waals surface area contributed by atoms with E-state index in [0.29, 0.717) is 18.0 Å². The molecule has 1 atom stereocenters. The summed E-state index contributed by atoms with van der Waals surface area (Å²) in [5, 5.41) is 12.5. The number of piperidine rings is 1. The summed E-state index contributed by atoms with van der Waals surface area (Å²) in [6.07, 6.45) is 10.7. The van der Waals surface area contributed by atoms with E-state index in [1.54, 1.807) is 0 Å². The van der Waals surface area contributed by atoms with Crippen LogP contribution in [0, 0.1) is 5.92 Å². The van der Waals surface area contributed by atoms with Crippen LogP contribution in [0.1, 0.15) is 46.1 Å². The number of nitrogens with zero attached hydrogens (tertiary/aromatic N) is 5. The maximum absolute atomic E-state index is 4.75. The molecule has 3 N–H and O–H groups in total. The van der Waals surface area contributed by atoms with Gasteiger partial charge in [0, 0.05) is 18.4 Å². The number of hydrogen-bond acceptors (Lipinski definition) is 6. The predicted octanol–water partition coefficient (Wildman–Crippen LogP) is 4.12. The number of hydrogen-bond donors (Lipinski definition) is 3. The minimum Gasteiger partial charge on any atom is -0.367 e. The molecule has 3 aromatic rings. The van der Waals surface area contributed by atoms with Crippen LogP contribution < -0.4 is 10.6 Å². The van der Waals surface area contributed by atoms with Gasteiger partial charge < -0.3 is 20.5 Å². The number of aromatic amines is 1. The lowest BCUT2D eigenvalue weighted by atomic mass is 10.1. The molecule has 0 spiro atoms. The van der Waals surface area contributed by atoms with Crippen molar-refractivity contribution in [3.8, 4) is 0 Å². The Balaban J connectivity index is 0.00000128. The van der Waals surface area contributed by atoms with Gasteiger partial charge in [0.05, 0.1) is 23.3 Å². The molecule has 2 aliphatic rings. The molecular weight excluding hydrogens is 396 g/mol. The van der Waals surface area contributed by atoms with Gasteiger partial charge in [-0.25, -0.2) is 0 Å². The summed E-state index contributed by atoms with van der Waals surface area (Å²) >= 11 is 0. The van der Waals surface area contributed by atoms with Crippen molar-refractivity contribution >= 4 is 42.0 Å². The second kappa shape index (κ2) is 9.26. The summed E-state index contributed by atoms with van der Waals surface area (Å²) in [4.78, 5) is 15.0. The molecule has 2 fully saturated rings. The highest BCUT2D eigenvalue weighted by atomic mass is 32.1.